The molecule has 31 heavy (non-hydrogen) atoms. The number of ether oxygens (including phenoxy) is 2. The van der Waals surface area contributed by atoms with Gasteiger partial charge < -0.3 is 14.8 Å². The van der Waals surface area contributed by atoms with E-state index in [1.807, 2.05) is 62.4 Å². The smallest absolute Gasteiger partial charge is 0.338 e. The molecule has 2 aromatic carbocycles. The van der Waals surface area contributed by atoms with Gasteiger partial charge in [-0.05, 0) is 59.2 Å². The highest BCUT2D eigenvalue weighted by molar-refractivity contribution is 6.30. The number of hydrogen-bond donors (Lipinski definition) is 1. The van der Waals surface area contributed by atoms with E-state index in [0.29, 0.717) is 41.2 Å². The summed E-state index contributed by atoms with van der Waals surface area (Å²) in [4.78, 5) is 12.9. The third kappa shape index (κ3) is 4.54. The normalized spacial score (nSPS) is 15.3. The van der Waals surface area contributed by atoms with E-state index >= 15 is 0 Å². The predicted octanol–water partition coefficient (Wildman–Crippen LogP) is 4.15. The standard InChI is InChI=1S/C22H22ClN5O3/c1-3-11-30-21(29)19-14(2)24-22-25-26-27-28(22)20(19)16-5-4-6-18(12-16)31-13-15-7-9-17(23)10-8-15/h4-10,12,20H,3,11,13H2,1-2H3,(H,24,25,27). The maximum absolute atomic E-state index is 12.9. The summed E-state index contributed by atoms with van der Waals surface area (Å²) in [5.41, 5.74) is 2.93. The highest BCUT2D eigenvalue weighted by Crippen LogP contribution is 2.36. The first-order chi connectivity index (χ1) is 15.1. The van der Waals surface area contributed by atoms with Crippen LogP contribution in [0, 0.1) is 0 Å². The Morgan fingerprint density at radius 3 is 2.81 bits per heavy atom. The fourth-order valence-electron chi connectivity index (χ4n) is 3.38. The molecule has 3 aromatic rings. The van der Waals surface area contributed by atoms with Gasteiger partial charge in [-0.1, -0.05) is 47.9 Å². The zero-order valence-corrected chi connectivity index (χ0v) is 18.0. The molecule has 1 aromatic heterocycles. The maximum atomic E-state index is 12.9. The summed E-state index contributed by atoms with van der Waals surface area (Å²) in [7, 11) is 0. The van der Waals surface area contributed by atoms with Crippen molar-refractivity contribution in [1.29, 1.82) is 0 Å². The number of nitrogens with one attached hydrogen (secondary N) is 1. The third-order valence-electron chi connectivity index (χ3n) is 4.86. The van der Waals surface area contributed by atoms with Crippen LogP contribution < -0.4 is 10.1 Å². The lowest BCUT2D eigenvalue weighted by molar-refractivity contribution is -0.139. The number of rotatable bonds is 7. The number of fused-ring (bicyclic) bond motifs is 1. The van der Waals surface area contributed by atoms with E-state index in [1.54, 1.807) is 4.68 Å². The number of nitrogens with zero attached hydrogens (tertiary/aromatic N) is 4. The van der Waals surface area contributed by atoms with Gasteiger partial charge in [-0.3, -0.25) is 0 Å². The molecule has 1 aliphatic heterocycles. The zero-order chi connectivity index (χ0) is 21.8. The number of esters is 1. The van der Waals surface area contributed by atoms with Crippen molar-refractivity contribution in [2.75, 3.05) is 11.9 Å². The Morgan fingerprint density at radius 1 is 1.23 bits per heavy atom. The molecule has 2 heterocycles. The van der Waals surface area contributed by atoms with Crippen LogP contribution >= 0.6 is 11.6 Å². The Kier molecular flexibility index (Phi) is 6.18. The summed E-state index contributed by atoms with van der Waals surface area (Å²) in [6.45, 7) is 4.50. The SMILES string of the molecule is CCCOC(=O)C1=C(C)Nc2nnnn2C1c1cccc(OCc2ccc(Cl)cc2)c1. The fourth-order valence-corrected chi connectivity index (χ4v) is 3.51. The van der Waals surface area contributed by atoms with E-state index in [1.165, 1.54) is 0 Å². The molecule has 1 unspecified atom stereocenters. The molecule has 1 aliphatic rings. The van der Waals surface area contributed by atoms with E-state index < -0.39 is 12.0 Å². The first-order valence-corrected chi connectivity index (χ1v) is 10.3. The van der Waals surface area contributed by atoms with E-state index in [-0.39, 0.29) is 0 Å². The molecule has 1 N–H and O–H groups in total. The average Bonchev–Trinajstić information content (AvgIpc) is 3.24. The number of carbonyl (C=O) groups is 1. The van der Waals surface area contributed by atoms with Gasteiger partial charge in [-0.15, -0.1) is 0 Å². The Balaban J connectivity index is 1.63. The summed E-state index contributed by atoms with van der Waals surface area (Å²) in [5.74, 6) is 0.729. The van der Waals surface area contributed by atoms with Crippen LogP contribution in [0.15, 0.2) is 59.8 Å². The molecule has 4 rings (SSSR count). The Hall–Kier alpha value is -3.39. The first-order valence-electron chi connectivity index (χ1n) is 9.96. The highest BCUT2D eigenvalue weighted by Gasteiger charge is 2.35. The highest BCUT2D eigenvalue weighted by atomic mass is 35.5. The van der Waals surface area contributed by atoms with Crippen molar-refractivity contribution in [2.24, 2.45) is 0 Å². The van der Waals surface area contributed by atoms with Gasteiger partial charge in [0, 0.05) is 10.7 Å². The molecule has 9 heteroatoms. The lowest BCUT2D eigenvalue weighted by atomic mass is 9.95. The molecule has 0 radical (unpaired) electrons. The molecule has 8 nitrogen and oxygen atoms in total. The summed E-state index contributed by atoms with van der Waals surface area (Å²) >= 11 is 5.94. The van der Waals surface area contributed by atoms with Gasteiger partial charge in [0.15, 0.2) is 0 Å². The topological polar surface area (TPSA) is 91.2 Å². The first kappa shape index (κ1) is 20.9. The van der Waals surface area contributed by atoms with Crippen molar-refractivity contribution in [2.45, 2.75) is 32.9 Å². The minimum atomic E-state index is -0.533. The second-order valence-electron chi connectivity index (χ2n) is 7.14. The van der Waals surface area contributed by atoms with Crippen LogP contribution in [0.2, 0.25) is 5.02 Å². The molecule has 160 valence electrons. The van der Waals surface area contributed by atoms with Crippen LogP contribution in [0.25, 0.3) is 0 Å². The van der Waals surface area contributed by atoms with Gasteiger partial charge in [-0.2, -0.15) is 4.68 Å². The summed E-state index contributed by atoms with van der Waals surface area (Å²) < 4.78 is 13.0. The summed E-state index contributed by atoms with van der Waals surface area (Å²) in [6, 6.07) is 14.5. The number of aromatic nitrogens is 4. The fraction of sp³-hybridized carbons (Fsp3) is 0.273. The number of halogens is 1. The largest absolute Gasteiger partial charge is 0.489 e. The molecular weight excluding hydrogens is 418 g/mol. The van der Waals surface area contributed by atoms with Crippen LogP contribution in [-0.2, 0) is 16.1 Å². The Bertz CT molecular complexity index is 1110. The molecular formula is C22H22ClN5O3. The van der Waals surface area contributed by atoms with Crippen LogP contribution in [0.3, 0.4) is 0 Å². The number of carbonyl (C=O) groups excluding carboxylic acids is 1. The minimum Gasteiger partial charge on any atom is -0.489 e. The number of anilines is 1. The van der Waals surface area contributed by atoms with Crippen LogP contribution in [0.5, 0.6) is 5.75 Å². The van der Waals surface area contributed by atoms with Crippen molar-refractivity contribution in [3.63, 3.8) is 0 Å². The van der Waals surface area contributed by atoms with E-state index in [4.69, 9.17) is 21.1 Å². The molecule has 0 amide bonds. The van der Waals surface area contributed by atoms with Gasteiger partial charge in [0.05, 0.1) is 12.2 Å². The number of allylic oxidation sites excluding steroid dienone is 1. The van der Waals surface area contributed by atoms with Crippen molar-refractivity contribution >= 4 is 23.5 Å². The van der Waals surface area contributed by atoms with Crippen molar-refractivity contribution < 1.29 is 14.3 Å². The molecule has 0 spiro atoms. The molecule has 0 saturated heterocycles. The van der Waals surface area contributed by atoms with Gasteiger partial charge in [0.1, 0.15) is 18.4 Å². The van der Waals surface area contributed by atoms with Gasteiger partial charge >= 0.3 is 5.97 Å². The van der Waals surface area contributed by atoms with Crippen molar-refractivity contribution in [3.8, 4) is 5.75 Å². The molecule has 0 aliphatic carbocycles. The maximum Gasteiger partial charge on any atom is 0.338 e. The monoisotopic (exact) mass is 439 g/mol. The van der Waals surface area contributed by atoms with E-state index in [2.05, 4.69) is 20.8 Å². The predicted molar refractivity (Wildman–Crippen MR) is 116 cm³/mol. The number of benzene rings is 2. The van der Waals surface area contributed by atoms with E-state index in [0.717, 1.165) is 17.5 Å². The van der Waals surface area contributed by atoms with Crippen LogP contribution in [-0.4, -0.2) is 32.8 Å². The van der Waals surface area contributed by atoms with Gasteiger partial charge in [0.2, 0.25) is 5.95 Å². The van der Waals surface area contributed by atoms with Crippen molar-refractivity contribution in [1.82, 2.24) is 20.2 Å². The number of hydrogen-bond acceptors (Lipinski definition) is 7. The zero-order valence-electron chi connectivity index (χ0n) is 17.2. The molecule has 0 bridgehead atoms. The van der Waals surface area contributed by atoms with Crippen molar-refractivity contribution in [3.05, 3.63) is 76.0 Å². The third-order valence-corrected chi connectivity index (χ3v) is 5.12. The minimum absolute atomic E-state index is 0.342. The lowest BCUT2D eigenvalue weighted by Crippen LogP contribution is -2.29. The van der Waals surface area contributed by atoms with Crippen LogP contribution in [0.1, 0.15) is 37.4 Å². The van der Waals surface area contributed by atoms with Crippen LogP contribution in [0.4, 0.5) is 5.95 Å². The Labute approximate surface area is 184 Å². The molecule has 1 atom stereocenters. The second-order valence-corrected chi connectivity index (χ2v) is 7.57. The van der Waals surface area contributed by atoms with E-state index in [9.17, 15) is 4.79 Å². The summed E-state index contributed by atoms with van der Waals surface area (Å²) in [6.07, 6.45) is 0.736. The average molecular weight is 440 g/mol. The molecule has 0 fully saturated rings. The Morgan fingerprint density at radius 2 is 2.03 bits per heavy atom. The van der Waals surface area contributed by atoms with Gasteiger partial charge in [0.25, 0.3) is 0 Å². The quantitative estimate of drug-likeness (QED) is 0.553. The second kappa shape index (κ2) is 9.18. The summed E-state index contributed by atoms with van der Waals surface area (Å²) in [5, 5.41) is 15.6. The number of tetrazole rings is 1. The lowest BCUT2D eigenvalue weighted by Gasteiger charge is -2.27. The molecule has 0 saturated carbocycles. The van der Waals surface area contributed by atoms with Gasteiger partial charge in [-0.25, -0.2) is 4.79 Å².